The van der Waals surface area contributed by atoms with Crippen molar-refractivity contribution in [3.63, 3.8) is 0 Å². The van der Waals surface area contributed by atoms with E-state index in [0.29, 0.717) is 25.7 Å². The number of ether oxygens (including phenoxy) is 1. The molecule has 0 unspecified atom stereocenters. The number of carbonyl (C=O) groups is 1. The Balaban J connectivity index is 1.55. The maximum atomic E-state index is 12.8. The quantitative estimate of drug-likeness (QED) is 0.640. The van der Waals surface area contributed by atoms with Crippen molar-refractivity contribution >= 4 is 5.91 Å². The van der Waals surface area contributed by atoms with Crippen molar-refractivity contribution in [2.45, 2.75) is 68.0 Å². The molecule has 0 radical (unpaired) electrons. The molecule has 2 aromatic carbocycles. The Morgan fingerprint density at radius 2 is 1.79 bits per heavy atom. The molecule has 0 spiro atoms. The van der Waals surface area contributed by atoms with Gasteiger partial charge in [-0.25, -0.2) is 0 Å². The van der Waals surface area contributed by atoms with E-state index in [1.165, 1.54) is 0 Å². The first-order chi connectivity index (χ1) is 15.6. The second-order valence-corrected chi connectivity index (χ2v) is 9.41. The second-order valence-electron chi connectivity index (χ2n) is 9.41. The monoisotopic (exact) mass is 463 g/mol. The Hall–Kier alpha value is -2.42. The molecule has 178 valence electrons. The van der Waals surface area contributed by atoms with E-state index >= 15 is 0 Å². The van der Waals surface area contributed by atoms with Crippen LogP contribution in [0.2, 0.25) is 0 Å². The van der Waals surface area contributed by atoms with Crippen LogP contribution in [-0.4, -0.2) is 46.1 Å². The van der Waals surface area contributed by atoms with Crippen LogP contribution in [0, 0.1) is 0 Å². The Morgan fingerprint density at radius 1 is 1.12 bits per heavy atom. The summed E-state index contributed by atoms with van der Waals surface area (Å²) >= 11 is 0. The van der Waals surface area contributed by atoms with Gasteiger partial charge < -0.3 is 20.3 Å². The average Bonchev–Trinajstić information content (AvgIpc) is 2.87. The number of nitrogens with one attached hydrogen (secondary N) is 1. The number of aliphatic hydroxyl groups is 2. The second kappa shape index (κ2) is 8.74. The largest absolute Gasteiger partial charge is 0.416 e. The number of hydrogen-bond acceptors (Lipinski definition) is 4. The molecule has 2 aromatic rings. The number of carbonyl (C=O) groups excluding carboxylic acids is 1. The van der Waals surface area contributed by atoms with Crippen LogP contribution in [0.4, 0.5) is 13.2 Å². The van der Waals surface area contributed by atoms with Gasteiger partial charge in [-0.15, -0.1) is 0 Å². The molecule has 2 bridgehead atoms. The summed E-state index contributed by atoms with van der Waals surface area (Å²) in [4.78, 5) is 12.8. The van der Waals surface area contributed by atoms with Gasteiger partial charge in [0.05, 0.1) is 29.4 Å². The molecule has 1 amide bonds. The predicted octanol–water partition coefficient (Wildman–Crippen LogP) is 4.04. The summed E-state index contributed by atoms with van der Waals surface area (Å²) in [5, 5.41) is 24.3. The molecule has 0 aliphatic carbocycles. The van der Waals surface area contributed by atoms with E-state index in [1.807, 2.05) is 30.3 Å². The lowest BCUT2D eigenvalue weighted by atomic mass is 9.74. The minimum atomic E-state index is -4.48. The summed E-state index contributed by atoms with van der Waals surface area (Å²) in [5.74, 6) is -0.499. The number of rotatable bonds is 4. The van der Waals surface area contributed by atoms with Crippen molar-refractivity contribution in [2.75, 3.05) is 6.61 Å². The Bertz CT molecular complexity index is 981. The number of benzene rings is 2. The third kappa shape index (κ3) is 4.78. The topological polar surface area (TPSA) is 78.8 Å². The number of hydrogen-bond donors (Lipinski definition) is 3. The van der Waals surface area contributed by atoms with E-state index in [1.54, 1.807) is 6.92 Å². The fourth-order valence-corrected chi connectivity index (χ4v) is 5.27. The summed E-state index contributed by atoms with van der Waals surface area (Å²) in [6, 6.07) is 13.2. The normalized spacial score (nSPS) is 32.1. The van der Waals surface area contributed by atoms with E-state index in [4.69, 9.17) is 4.74 Å². The first kappa shape index (κ1) is 23.7. The number of alkyl halides is 3. The van der Waals surface area contributed by atoms with E-state index in [9.17, 15) is 28.2 Å². The molecule has 8 heteroatoms. The fourth-order valence-electron chi connectivity index (χ4n) is 5.27. The summed E-state index contributed by atoms with van der Waals surface area (Å²) in [6.07, 6.45) is -3.65. The highest BCUT2D eigenvalue weighted by Crippen LogP contribution is 2.49. The zero-order valence-corrected chi connectivity index (χ0v) is 18.3. The van der Waals surface area contributed by atoms with Crippen molar-refractivity contribution in [1.82, 2.24) is 5.32 Å². The molecule has 4 rings (SSSR count). The third-order valence-electron chi connectivity index (χ3n) is 6.99. The molecule has 2 saturated heterocycles. The Morgan fingerprint density at radius 3 is 2.39 bits per heavy atom. The van der Waals surface area contributed by atoms with Crippen LogP contribution in [-0.2, 0) is 10.9 Å². The van der Waals surface area contributed by atoms with Crippen LogP contribution in [0.5, 0.6) is 0 Å². The predicted molar refractivity (Wildman–Crippen MR) is 116 cm³/mol. The molecule has 2 fully saturated rings. The highest BCUT2D eigenvalue weighted by molar-refractivity contribution is 5.94. The molecule has 3 N–H and O–H groups in total. The highest BCUT2D eigenvalue weighted by atomic mass is 19.4. The lowest BCUT2D eigenvalue weighted by molar-refractivity contribution is -0.230. The van der Waals surface area contributed by atoms with Crippen LogP contribution in [0.25, 0.3) is 0 Å². The Kier molecular flexibility index (Phi) is 6.28. The van der Waals surface area contributed by atoms with E-state index in [2.05, 4.69) is 5.32 Å². The summed E-state index contributed by atoms with van der Waals surface area (Å²) in [5.41, 5.74) is -1.52. The molecule has 33 heavy (non-hydrogen) atoms. The van der Waals surface area contributed by atoms with Gasteiger partial charge >= 0.3 is 6.18 Å². The summed E-state index contributed by atoms with van der Waals surface area (Å²) in [6.45, 7) is 1.58. The maximum absolute atomic E-state index is 12.8. The Labute approximate surface area is 190 Å². The lowest BCUT2D eigenvalue weighted by Crippen LogP contribution is -2.58. The molecular formula is C25H28F3NO4. The van der Waals surface area contributed by atoms with Crippen molar-refractivity contribution in [3.8, 4) is 0 Å². The first-order valence-corrected chi connectivity index (χ1v) is 11.1. The summed E-state index contributed by atoms with van der Waals surface area (Å²) < 4.78 is 44.8. The highest BCUT2D eigenvalue weighted by Gasteiger charge is 2.54. The van der Waals surface area contributed by atoms with Gasteiger partial charge in [0.15, 0.2) is 0 Å². The van der Waals surface area contributed by atoms with Gasteiger partial charge in [-0.05, 0) is 68.4 Å². The van der Waals surface area contributed by atoms with Crippen LogP contribution in [0.15, 0.2) is 54.6 Å². The van der Waals surface area contributed by atoms with Gasteiger partial charge in [-0.2, -0.15) is 13.2 Å². The maximum Gasteiger partial charge on any atom is 0.416 e. The number of halogens is 3. The van der Waals surface area contributed by atoms with Gasteiger partial charge in [0.25, 0.3) is 5.91 Å². The van der Waals surface area contributed by atoms with Crippen LogP contribution in [0.1, 0.15) is 60.0 Å². The van der Waals surface area contributed by atoms with Gasteiger partial charge in [0.1, 0.15) is 6.10 Å². The van der Waals surface area contributed by atoms with Crippen LogP contribution < -0.4 is 5.32 Å². The average molecular weight is 463 g/mol. The van der Waals surface area contributed by atoms with Gasteiger partial charge in [-0.3, -0.25) is 4.79 Å². The molecule has 2 aliphatic heterocycles. The van der Waals surface area contributed by atoms with Gasteiger partial charge in [0.2, 0.25) is 0 Å². The van der Waals surface area contributed by atoms with Gasteiger partial charge in [-0.1, -0.05) is 30.3 Å². The molecular weight excluding hydrogens is 435 g/mol. The van der Waals surface area contributed by atoms with Crippen molar-refractivity contribution in [3.05, 3.63) is 71.3 Å². The van der Waals surface area contributed by atoms with Gasteiger partial charge in [0, 0.05) is 5.56 Å². The van der Waals surface area contributed by atoms with E-state index in [0.717, 1.165) is 29.8 Å². The van der Waals surface area contributed by atoms with E-state index < -0.39 is 41.0 Å². The zero-order valence-electron chi connectivity index (χ0n) is 18.3. The molecule has 5 atom stereocenters. The van der Waals surface area contributed by atoms with E-state index in [-0.39, 0.29) is 18.1 Å². The number of amides is 1. The van der Waals surface area contributed by atoms with Crippen molar-refractivity contribution in [2.24, 2.45) is 0 Å². The first-order valence-electron chi connectivity index (χ1n) is 11.1. The molecule has 5 nitrogen and oxygen atoms in total. The standard InChI is InChI=1S/C25H28F3NO4/c1-23-13-18(16-5-3-2-4-6-16)14-24(15-30,33-23)12-11-20(21(23)31)29-22(32)17-7-9-19(10-8-17)25(26,27)28/h2-10,18,20-21,30-31H,11-15H2,1H3,(H,29,32)/t18-,20-,21+,23+,24+/m1/s1. The summed E-state index contributed by atoms with van der Waals surface area (Å²) in [7, 11) is 0. The lowest BCUT2D eigenvalue weighted by Gasteiger charge is -2.49. The van der Waals surface area contributed by atoms with Crippen LogP contribution >= 0.6 is 0 Å². The minimum Gasteiger partial charge on any atom is -0.393 e. The number of aliphatic hydroxyl groups excluding tert-OH is 2. The molecule has 0 saturated carbocycles. The smallest absolute Gasteiger partial charge is 0.393 e. The van der Waals surface area contributed by atoms with Crippen molar-refractivity contribution in [1.29, 1.82) is 0 Å². The number of fused-ring (bicyclic) bond motifs is 2. The zero-order chi connectivity index (χ0) is 23.9. The SMILES string of the molecule is C[C@]12C[C@@H](c3ccccc3)C[C@](CO)(CC[C@@H](NC(=O)c3ccc(C(F)(F)F)cc3)[C@@H]1O)O2. The fraction of sp³-hybridized carbons (Fsp3) is 0.480. The van der Waals surface area contributed by atoms with Crippen molar-refractivity contribution < 1.29 is 32.9 Å². The molecule has 0 aromatic heterocycles. The molecule has 2 heterocycles. The third-order valence-corrected chi connectivity index (χ3v) is 6.99. The van der Waals surface area contributed by atoms with Crippen LogP contribution in [0.3, 0.4) is 0 Å². The molecule has 2 aliphatic rings. The minimum absolute atomic E-state index is 0.0658.